The highest BCUT2D eigenvalue weighted by Crippen LogP contribution is 2.60. The van der Waals surface area contributed by atoms with Gasteiger partial charge in [0, 0.05) is 6.04 Å². The minimum absolute atomic E-state index is 0.601. The van der Waals surface area contributed by atoms with Crippen LogP contribution in [0.25, 0.3) is 0 Å². The van der Waals surface area contributed by atoms with Gasteiger partial charge in [0.25, 0.3) is 0 Å². The van der Waals surface area contributed by atoms with Crippen LogP contribution in [-0.4, -0.2) is 6.54 Å². The Morgan fingerprint density at radius 3 is 2.28 bits per heavy atom. The lowest BCUT2D eigenvalue weighted by atomic mass is 9.98. The Labute approximate surface area is 111 Å². The van der Waals surface area contributed by atoms with Crippen LogP contribution in [0.3, 0.4) is 0 Å². The second-order valence-electron chi connectivity index (χ2n) is 6.14. The lowest BCUT2D eigenvalue weighted by Crippen LogP contribution is -2.23. The van der Waals surface area contributed by atoms with E-state index in [0.29, 0.717) is 6.04 Å². The van der Waals surface area contributed by atoms with Crippen LogP contribution in [0.4, 0.5) is 0 Å². The second-order valence-corrected chi connectivity index (χ2v) is 6.14. The topological polar surface area (TPSA) is 12.0 Å². The summed E-state index contributed by atoms with van der Waals surface area (Å²) in [7, 11) is 0. The van der Waals surface area contributed by atoms with Crippen LogP contribution < -0.4 is 5.32 Å². The predicted molar refractivity (Wildman–Crippen MR) is 76.5 cm³/mol. The molecular formula is C17H25N. The molecule has 1 N–H and O–H groups in total. The van der Waals surface area contributed by atoms with Gasteiger partial charge in [-0.05, 0) is 49.6 Å². The third kappa shape index (κ3) is 2.21. The highest BCUT2D eigenvalue weighted by atomic mass is 14.9. The number of aryl methyl sites for hydroxylation is 1. The zero-order valence-electron chi connectivity index (χ0n) is 11.7. The van der Waals surface area contributed by atoms with Gasteiger partial charge in [-0.1, -0.05) is 49.6 Å². The Bertz CT molecular complexity index is 383. The summed E-state index contributed by atoms with van der Waals surface area (Å²) < 4.78 is 0. The molecule has 3 rings (SSSR count). The van der Waals surface area contributed by atoms with Crippen LogP contribution in [0.2, 0.25) is 0 Å². The van der Waals surface area contributed by atoms with Crippen molar-refractivity contribution in [3.05, 3.63) is 35.4 Å². The second kappa shape index (κ2) is 5.05. The monoisotopic (exact) mass is 243 g/mol. The molecule has 2 aliphatic rings. The molecule has 0 aliphatic heterocycles. The number of fused-ring (bicyclic) bond motifs is 1. The van der Waals surface area contributed by atoms with Crippen LogP contribution in [0.5, 0.6) is 0 Å². The maximum absolute atomic E-state index is 3.74. The minimum atomic E-state index is 0.601. The highest BCUT2D eigenvalue weighted by molar-refractivity contribution is 5.27. The van der Waals surface area contributed by atoms with Crippen molar-refractivity contribution in [2.45, 2.75) is 45.6 Å². The molecule has 98 valence electrons. The van der Waals surface area contributed by atoms with Gasteiger partial charge in [-0.25, -0.2) is 0 Å². The van der Waals surface area contributed by atoms with E-state index in [1.54, 1.807) is 0 Å². The fourth-order valence-corrected chi connectivity index (χ4v) is 4.01. The zero-order chi connectivity index (χ0) is 12.5. The normalized spacial score (nSPS) is 31.8. The van der Waals surface area contributed by atoms with E-state index in [-0.39, 0.29) is 0 Å². The average Bonchev–Trinajstić information content (AvgIpc) is 3.11. The summed E-state index contributed by atoms with van der Waals surface area (Å²) in [5.74, 6) is 2.95. The standard InChI is InChI=1S/C17H25N/c1-3-18-17(13-10-8-12(2)9-11-13)16-14-6-4-5-7-15(14)16/h8-11,14-18H,3-7H2,1-2H3. The number of hydrogen-bond acceptors (Lipinski definition) is 1. The van der Waals surface area contributed by atoms with Crippen molar-refractivity contribution in [3.63, 3.8) is 0 Å². The molecule has 0 saturated heterocycles. The van der Waals surface area contributed by atoms with Gasteiger partial charge in [0.05, 0.1) is 0 Å². The van der Waals surface area contributed by atoms with Crippen LogP contribution in [0.1, 0.15) is 49.8 Å². The SMILES string of the molecule is CCNC(c1ccc(C)cc1)C1C2CCCCC21. The zero-order valence-corrected chi connectivity index (χ0v) is 11.7. The maximum atomic E-state index is 3.74. The summed E-state index contributed by atoms with van der Waals surface area (Å²) >= 11 is 0. The molecule has 2 aliphatic carbocycles. The van der Waals surface area contributed by atoms with Crippen molar-refractivity contribution in [1.29, 1.82) is 0 Å². The van der Waals surface area contributed by atoms with Crippen LogP contribution in [0, 0.1) is 24.7 Å². The molecule has 18 heavy (non-hydrogen) atoms. The highest BCUT2D eigenvalue weighted by Gasteiger charge is 2.54. The molecule has 1 aromatic carbocycles. The summed E-state index contributed by atoms with van der Waals surface area (Å²) in [6, 6.07) is 9.76. The molecule has 0 bridgehead atoms. The molecule has 2 saturated carbocycles. The first-order chi connectivity index (χ1) is 8.81. The van der Waals surface area contributed by atoms with E-state index in [1.807, 2.05) is 0 Å². The summed E-state index contributed by atoms with van der Waals surface area (Å²) in [6.45, 7) is 5.48. The van der Waals surface area contributed by atoms with E-state index in [9.17, 15) is 0 Å². The lowest BCUT2D eigenvalue weighted by Gasteiger charge is -2.19. The molecule has 0 radical (unpaired) electrons. The fourth-order valence-electron chi connectivity index (χ4n) is 4.01. The van der Waals surface area contributed by atoms with Crippen molar-refractivity contribution < 1.29 is 0 Å². The number of rotatable bonds is 4. The van der Waals surface area contributed by atoms with E-state index in [0.717, 1.165) is 24.3 Å². The largest absolute Gasteiger partial charge is 0.310 e. The molecule has 0 heterocycles. The van der Waals surface area contributed by atoms with E-state index in [2.05, 4.69) is 43.4 Å². The van der Waals surface area contributed by atoms with Gasteiger partial charge in [0.1, 0.15) is 0 Å². The molecule has 1 heteroatoms. The Kier molecular flexibility index (Phi) is 3.43. The number of nitrogens with one attached hydrogen (secondary N) is 1. The molecule has 0 amide bonds. The smallest absolute Gasteiger partial charge is 0.0354 e. The quantitative estimate of drug-likeness (QED) is 0.840. The van der Waals surface area contributed by atoms with Crippen LogP contribution in [0.15, 0.2) is 24.3 Å². The molecule has 3 unspecified atom stereocenters. The molecule has 2 fully saturated rings. The maximum Gasteiger partial charge on any atom is 0.0354 e. The number of benzene rings is 1. The molecular weight excluding hydrogens is 218 g/mol. The molecule has 1 nitrogen and oxygen atoms in total. The summed E-state index contributed by atoms with van der Waals surface area (Å²) in [5, 5.41) is 3.74. The van der Waals surface area contributed by atoms with Gasteiger partial charge in [-0.3, -0.25) is 0 Å². The average molecular weight is 243 g/mol. The third-order valence-corrected chi connectivity index (χ3v) is 4.97. The van der Waals surface area contributed by atoms with Crippen LogP contribution >= 0.6 is 0 Å². The lowest BCUT2D eigenvalue weighted by molar-refractivity contribution is 0.456. The van der Waals surface area contributed by atoms with Crippen molar-refractivity contribution >= 4 is 0 Å². The van der Waals surface area contributed by atoms with Crippen LogP contribution in [-0.2, 0) is 0 Å². The Hall–Kier alpha value is -0.820. The Balaban J connectivity index is 1.78. The van der Waals surface area contributed by atoms with Crippen molar-refractivity contribution in [2.24, 2.45) is 17.8 Å². The van der Waals surface area contributed by atoms with Gasteiger partial charge in [-0.15, -0.1) is 0 Å². The summed E-state index contributed by atoms with van der Waals surface area (Å²) in [4.78, 5) is 0. The van der Waals surface area contributed by atoms with Gasteiger partial charge in [0.15, 0.2) is 0 Å². The predicted octanol–water partition coefficient (Wildman–Crippen LogP) is 4.08. The van der Waals surface area contributed by atoms with E-state index in [4.69, 9.17) is 0 Å². The Morgan fingerprint density at radius 2 is 1.72 bits per heavy atom. The van der Waals surface area contributed by atoms with Crippen molar-refractivity contribution in [3.8, 4) is 0 Å². The summed E-state index contributed by atoms with van der Waals surface area (Å²) in [5.41, 5.74) is 2.86. The van der Waals surface area contributed by atoms with E-state index >= 15 is 0 Å². The molecule has 3 atom stereocenters. The first kappa shape index (κ1) is 12.2. The van der Waals surface area contributed by atoms with Gasteiger partial charge < -0.3 is 5.32 Å². The van der Waals surface area contributed by atoms with Crippen molar-refractivity contribution in [2.75, 3.05) is 6.54 Å². The van der Waals surface area contributed by atoms with E-state index in [1.165, 1.54) is 36.8 Å². The molecule has 1 aromatic rings. The van der Waals surface area contributed by atoms with Gasteiger partial charge in [0.2, 0.25) is 0 Å². The first-order valence-electron chi connectivity index (χ1n) is 7.61. The van der Waals surface area contributed by atoms with E-state index < -0.39 is 0 Å². The van der Waals surface area contributed by atoms with Gasteiger partial charge in [-0.2, -0.15) is 0 Å². The minimum Gasteiger partial charge on any atom is -0.310 e. The molecule has 0 aromatic heterocycles. The summed E-state index contributed by atoms with van der Waals surface area (Å²) in [6.07, 6.45) is 5.88. The number of hydrogen-bond donors (Lipinski definition) is 1. The van der Waals surface area contributed by atoms with Gasteiger partial charge >= 0.3 is 0 Å². The Morgan fingerprint density at radius 1 is 1.11 bits per heavy atom. The molecule has 0 spiro atoms. The fraction of sp³-hybridized carbons (Fsp3) is 0.647. The van der Waals surface area contributed by atoms with Crippen molar-refractivity contribution in [1.82, 2.24) is 5.32 Å². The first-order valence-corrected chi connectivity index (χ1v) is 7.61. The third-order valence-electron chi connectivity index (χ3n) is 4.97.